The van der Waals surface area contributed by atoms with E-state index in [0.717, 1.165) is 18.4 Å². The van der Waals surface area contributed by atoms with Gasteiger partial charge >= 0.3 is 0 Å². The maximum Gasteiger partial charge on any atom is 0.187 e. The van der Waals surface area contributed by atoms with E-state index in [2.05, 4.69) is 47.6 Å². The molecule has 3 unspecified atom stereocenters. The van der Waals surface area contributed by atoms with Gasteiger partial charge in [0.25, 0.3) is 0 Å². The first-order chi connectivity index (χ1) is 42.2. The Balaban J connectivity index is 0.945. The molecule has 35 atom stereocenters. The molecule has 0 bridgehead atoms. The van der Waals surface area contributed by atoms with E-state index in [0.29, 0.717) is 32.1 Å². The molecule has 0 radical (unpaired) electrons. The first kappa shape index (κ1) is 72.9. The Kier molecular flexibility index (Phi) is 22.9. The Morgan fingerprint density at radius 3 is 1.73 bits per heavy atom. The van der Waals surface area contributed by atoms with Crippen LogP contribution in [0.25, 0.3) is 0 Å². The molecule has 522 valence electrons. The summed E-state index contributed by atoms with van der Waals surface area (Å²) in [6.07, 6.45) is -35.8. The van der Waals surface area contributed by atoms with E-state index in [9.17, 15) is 97.0 Å². The van der Waals surface area contributed by atoms with Crippen LogP contribution in [0.3, 0.4) is 0 Å². The van der Waals surface area contributed by atoms with Gasteiger partial charge in [0.05, 0.1) is 62.0 Å². The molecule has 28 heteroatoms. The van der Waals surface area contributed by atoms with Crippen LogP contribution in [-0.2, 0) is 42.6 Å². The van der Waals surface area contributed by atoms with E-state index in [1.54, 1.807) is 0 Å². The molecule has 8 fully saturated rings. The van der Waals surface area contributed by atoms with E-state index < -0.39 is 214 Å². The fraction of sp³-hybridized carbons (Fsp3) is 0.968. The second-order valence-corrected chi connectivity index (χ2v) is 29.5. The number of rotatable bonds is 21. The maximum absolute atomic E-state index is 12.8. The minimum absolute atomic E-state index is 0.0204. The highest BCUT2D eigenvalue weighted by molar-refractivity contribution is 5.32. The van der Waals surface area contributed by atoms with Gasteiger partial charge in [-0.25, -0.2) is 0 Å². The van der Waals surface area contributed by atoms with Crippen molar-refractivity contribution in [1.82, 2.24) is 0 Å². The van der Waals surface area contributed by atoms with Gasteiger partial charge in [0, 0.05) is 30.0 Å². The van der Waals surface area contributed by atoms with Crippen molar-refractivity contribution in [3.05, 3.63) is 11.6 Å². The van der Waals surface area contributed by atoms with Crippen LogP contribution in [-0.4, -0.2) is 301 Å². The molecular formula is C62H106O28. The third kappa shape index (κ3) is 13.2. The molecule has 5 aliphatic carbocycles. The average molecular weight is 1300 g/mol. The molecule has 28 nitrogen and oxygen atoms in total. The summed E-state index contributed by atoms with van der Waals surface area (Å²) >= 11 is 0. The molecule has 0 aromatic carbocycles. The predicted molar refractivity (Wildman–Crippen MR) is 308 cm³/mol. The quantitative estimate of drug-likeness (QED) is 0.0483. The summed E-state index contributed by atoms with van der Waals surface area (Å²) in [7, 11) is 0. The number of ether oxygens (including phenoxy) is 9. The zero-order valence-corrected chi connectivity index (χ0v) is 52.8. The minimum Gasteiger partial charge on any atom is -0.396 e. The third-order valence-corrected chi connectivity index (χ3v) is 23.7. The first-order valence-electron chi connectivity index (χ1n) is 32.4. The van der Waals surface area contributed by atoms with E-state index in [4.69, 9.17) is 42.6 Å². The summed E-state index contributed by atoms with van der Waals surface area (Å²) in [4.78, 5) is 0. The van der Waals surface area contributed by atoms with Crippen molar-refractivity contribution < 1.29 is 140 Å². The van der Waals surface area contributed by atoms with Crippen LogP contribution < -0.4 is 0 Å². The molecule has 0 amide bonds. The fourth-order valence-electron chi connectivity index (χ4n) is 17.8. The molecule has 0 spiro atoms. The van der Waals surface area contributed by atoms with Crippen molar-refractivity contribution in [3.63, 3.8) is 0 Å². The molecular weight excluding hydrogens is 1190 g/mol. The lowest BCUT2D eigenvalue weighted by Crippen LogP contribution is -2.67. The highest BCUT2D eigenvalue weighted by Crippen LogP contribution is 2.75. The molecule has 0 aromatic heterocycles. The van der Waals surface area contributed by atoms with Gasteiger partial charge in [0.1, 0.15) is 104 Å². The number of allylic oxidation sites excluding steroid dienone is 1. The van der Waals surface area contributed by atoms with Gasteiger partial charge in [-0.3, -0.25) is 0 Å². The zero-order valence-electron chi connectivity index (χ0n) is 52.8. The SMILES string of the molecule is C[C@H](CC[C@@H](O[C@@H]1O[C@H](CO[C@H]2O[C@H](CO)[C@@H](O)[C@H](O)[C@H]2O)[C@@H](O)[C@H](O)[C@H]1O[C@@H]1O[C@H](CO)[C@@H](O)[C@H](O)[C@H]1O[C@H]1C[C@H](CO)[C@@H](O)[C@H](O)[C@H]1O)C(C)(C)O)C1CC[C@@]2(C)C3CC=C4C(CC[C@H](O[C@@H]5O[C@H](CCO)[C@@H](O)[C@H](O)[C@H]5O)C4(C)C)[C@]3(C)[C@H](O)C[C@]12C. The van der Waals surface area contributed by atoms with Gasteiger partial charge in [-0.05, 0) is 113 Å². The minimum atomic E-state index is -2.05. The van der Waals surface area contributed by atoms with E-state index in [-0.39, 0.29) is 60.4 Å². The molecule has 4 aliphatic heterocycles. The lowest BCUT2D eigenvalue weighted by atomic mass is 9.38. The maximum atomic E-state index is 12.8. The summed E-state index contributed by atoms with van der Waals surface area (Å²) in [6.45, 7) is 12.8. The third-order valence-electron chi connectivity index (χ3n) is 23.7. The van der Waals surface area contributed by atoms with Crippen molar-refractivity contribution >= 4 is 0 Å². The van der Waals surface area contributed by atoms with E-state index in [1.807, 2.05) is 0 Å². The highest BCUT2D eigenvalue weighted by Gasteiger charge is 2.71. The van der Waals surface area contributed by atoms with Gasteiger partial charge in [0.15, 0.2) is 25.2 Å². The van der Waals surface area contributed by atoms with Gasteiger partial charge in [-0.15, -0.1) is 0 Å². The van der Waals surface area contributed by atoms with Crippen molar-refractivity contribution in [2.75, 3.05) is 33.0 Å². The van der Waals surface area contributed by atoms with Crippen molar-refractivity contribution in [1.29, 1.82) is 0 Å². The summed E-state index contributed by atoms with van der Waals surface area (Å²) in [5.41, 5.74) is -2.32. The van der Waals surface area contributed by atoms with Crippen LogP contribution in [0.2, 0.25) is 0 Å². The number of fused-ring (bicyclic) bond motifs is 5. The lowest BCUT2D eigenvalue weighted by molar-refractivity contribution is -0.386. The van der Waals surface area contributed by atoms with Crippen molar-refractivity contribution in [2.45, 2.75) is 291 Å². The van der Waals surface area contributed by atoms with E-state index in [1.165, 1.54) is 13.8 Å². The normalized spacial score (nSPS) is 51.3. The molecule has 4 heterocycles. The number of aliphatic hydroxyl groups excluding tert-OH is 18. The zero-order chi connectivity index (χ0) is 66.2. The molecule has 0 aromatic rings. The molecule has 19 N–H and O–H groups in total. The topological polar surface area (TPSA) is 467 Å². The lowest BCUT2D eigenvalue weighted by Gasteiger charge is -2.67. The Bertz CT molecular complexity index is 2360. The Morgan fingerprint density at radius 2 is 1.12 bits per heavy atom. The van der Waals surface area contributed by atoms with Gasteiger partial charge < -0.3 is 140 Å². The summed E-state index contributed by atoms with van der Waals surface area (Å²) in [6, 6.07) is 0. The van der Waals surface area contributed by atoms with Crippen LogP contribution in [0.4, 0.5) is 0 Å². The Morgan fingerprint density at radius 1 is 0.567 bits per heavy atom. The van der Waals surface area contributed by atoms with Crippen LogP contribution in [0.1, 0.15) is 120 Å². The van der Waals surface area contributed by atoms with Crippen LogP contribution in [0.15, 0.2) is 11.6 Å². The Labute approximate surface area is 524 Å². The van der Waals surface area contributed by atoms with Gasteiger partial charge in [0.2, 0.25) is 0 Å². The molecule has 9 rings (SSSR count). The van der Waals surface area contributed by atoms with Crippen LogP contribution in [0, 0.1) is 51.2 Å². The van der Waals surface area contributed by atoms with Gasteiger partial charge in [-0.1, -0.05) is 53.2 Å². The van der Waals surface area contributed by atoms with Crippen molar-refractivity contribution in [2.24, 2.45) is 51.2 Å². The van der Waals surface area contributed by atoms with Crippen LogP contribution in [0.5, 0.6) is 0 Å². The second kappa shape index (κ2) is 28.2. The molecule has 9 aliphatic rings. The predicted octanol–water partition coefficient (Wildman–Crippen LogP) is -4.35. The second-order valence-electron chi connectivity index (χ2n) is 29.5. The molecule has 4 saturated carbocycles. The Hall–Kier alpha value is -1.38. The smallest absolute Gasteiger partial charge is 0.187 e. The first-order valence-corrected chi connectivity index (χ1v) is 32.4. The summed E-state index contributed by atoms with van der Waals surface area (Å²) in [5.74, 6) is -0.974. The van der Waals surface area contributed by atoms with Crippen molar-refractivity contribution in [3.8, 4) is 0 Å². The summed E-state index contributed by atoms with van der Waals surface area (Å²) in [5, 5.41) is 208. The standard InChI is InChI=1S/C62H106O28/c1-25(27-15-17-60(6)35-12-10-28-29(62(35,8)36(67)20-61(27,60)7)11-14-37(58(28,2)3)88-55-51(80)46(75)40(69)30(84-55)16-18-63)9-13-38(59(4,5)81)89-56-53(49(78)44(73)34(87-56)24-82-54-50(79)47(76)42(71)32(22-65)85-54)90-57-52(48(77)43(72)33(23-66)86-57)83-31-19-26(21-64)39(68)45(74)41(31)70/h10,25-27,29-57,63-81H,9,11-24H2,1-8H3/t25-,26-,27?,29?,30-,31+,32-,33-,34-,35?,36-,37+,38-,39-,40-,41+,42-,43-,44-,45+,46+,47+,48+,49+,50-,51-,52-,53-,54+,55+,56+,57+,60+,61-,62+/m1/s1. The van der Waals surface area contributed by atoms with Crippen LogP contribution >= 0.6 is 0 Å². The average Bonchev–Trinajstić information content (AvgIpc) is 1.28. The largest absolute Gasteiger partial charge is 0.396 e. The molecule has 4 saturated heterocycles. The van der Waals surface area contributed by atoms with Gasteiger partial charge in [-0.2, -0.15) is 0 Å². The molecule has 90 heavy (non-hydrogen) atoms. The number of aliphatic hydroxyl groups is 19. The summed E-state index contributed by atoms with van der Waals surface area (Å²) < 4.78 is 55.3. The monoisotopic (exact) mass is 1300 g/mol. The highest BCUT2D eigenvalue weighted by atomic mass is 16.8. The number of hydrogen-bond acceptors (Lipinski definition) is 28. The fourth-order valence-corrected chi connectivity index (χ4v) is 17.8. The van der Waals surface area contributed by atoms with E-state index >= 15 is 0 Å². The number of hydrogen-bond donors (Lipinski definition) is 19.